The number of rotatable bonds is 5. The van der Waals surface area contributed by atoms with Crippen LogP contribution in [-0.2, 0) is 16.0 Å². The van der Waals surface area contributed by atoms with E-state index in [4.69, 9.17) is 4.74 Å². The normalized spacial score (nSPS) is 22.4. The highest BCUT2D eigenvalue weighted by Crippen LogP contribution is 2.50. The highest BCUT2D eigenvalue weighted by molar-refractivity contribution is 5.85. The molecule has 1 aliphatic heterocycles. The summed E-state index contributed by atoms with van der Waals surface area (Å²) in [5.41, 5.74) is 1.13. The van der Waals surface area contributed by atoms with Crippen LogP contribution >= 0.6 is 0 Å². The van der Waals surface area contributed by atoms with Crippen molar-refractivity contribution in [3.63, 3.8) is 0 Å². The smallest absolute Gasteiger partial charge is 0.229 e. The number of carbonyl (C=O) groups excluding carboxylic acids is 1. The van der Waals surface area contributed by atoms with Crippen LogP contribution in [0.2, 0.25) is 0 Å². The molecule has 2 aliphatic rings. The molecule has 22 heavy (non-hydrogen) atoms. The first-order chi connectivity index (χ1) is 10.6. The van der Waals surface area contributed by atoms with Crippen molar-refractivity contribution in [3.05, 3.63) is 35.9 Å². The predicted octanol–water partition coefficient (Wildman–Crippen LogP) is 3.43. The van der Waals surface area contributed by atoms with Crippen LogP contribution < -0.4 is 0 Å². The largest absolute Gasteiger partial charge is 0.375 e. The average molecular weight is 301 g/mol. The summed E-state index contributed by atoms with van der Waals surface area (Å²) in [5, 5.41) is 0. The van der Waals surface area contributed by atoms with Crippen molar-refractivity contribution in [1.82, 2.24) is 4.90 Å². The topological polar surface area (TPSA) is 29.5 Å². The molecule has 0 radical (unpaired) electrons. The number of piperidine rings is 1. The van der Waals surface area contributed by atoms with Crippen molar-refractivity contribution in [2.45, 2.75) is 51.6 Å². The number of carbonyl (C=O) groups is 1. The SMILES string of the molecule is CCOC1(C)CCN(C(=O)C2(Cc3ccccc3)CC2)CC1. The Morgan fingerprint density at radius 3 is 2.32 bits per heavy atom. The van der Waals surface area contributed by atoms with Gasteiger partial charge in [0.25, 0.3) is 0 Å². The fraction of sp³-hybridized carbons (Fsp3) is 0.632. The molecule has 1 aromatic carbocycles. The lowest BCUT2D eigenvalue weighted by Gasteiger charge is -2.40. The van der Waals surface area contributed by atoms with Gasteiger partial charge in [0.05, 0.1) is 11.0 Å². The molecule has 0 atom stereocenters. The Labute approximate surface area is 133 Å². The Morgan fingerprint density at radius 2 is 1.77 bits per heavy atom. The maximum Gasteiger partial charge on any atom is 0.229 e. The summed E-state index contributed by atoms with van der Waals surface area (Å²) in [5.74, 6) is 0.370. The molecule has 1 saturated heterocycles. The van der Waals surface area contributed by atoms with E-state index in [1.807, 2.05) is 13.0 Å². The fourth-order valence-electron chi connectivity index (χ4n) is 3.61. The van der Waals surface area contributed by atoms with E-state index >= 15 is 0 Å². The van der Waals surface area contributed by atoms with Crippen LogP contribution in [0.15, 0.2) is 30.3 Å². The van der Waals surface area contributed by atoms with Crippen LogP contribution in [0.3, 0.4) is 0 Å². The van der Waals surface area contributed by atoms with Gasteiger partial charge in [-0.2, -0.15) is 0 Å². The number of nitrogens with zero attached hydrogens (tertiary/aromatic N) is 1. The third-order valence-electron chi connectivity index (χ3n) is 5.29. The minimum absolute atomic E-state index is 0.0400. The molecule has 1 aliphatic carbocycles. The summed E-state index contributed by atoms with van der Waals surface area (Å²) in [7, 11) is 0. The second-order valence-electron chi connectivity index (χ2n) is 7.12. The Morgan fingerprint density at radius 1 is 1.14 bits per heavy atom. The summed E-state index contributed by atoms with van der Waals surface area (Å²) in [4.78, 5) is 15.0. The minimum atomic E-state index is -0.110. The molecule has 2 fully saturated rings. The van der Waals surface area contributed by atoms with E-state index in [2.05, 4.69) is 36.1 Å². The molecule has 1 amide bonds. The van der Waals surface area contributed by atoms with Gasteiger partial charge >= 0.3 is 0 Å². The van der Waals surface area contributed by atoms with Crippen LogP contribution in [0.5, 0.6) is 0 Å². The van der Waals surface area contributed by atoms with Crippen LogP contribution in [0.4, 0.5) is 0 Å². The van der Waals surface area contributed by atoms with Gasteiger partial charge in [-0.15, -0.1) is 0 Å². The predicted molar refractivity (Wildman–Crippen MR) is 87.7 cm³/mol. The minimum Gasteiger partial charge on any atom is -0.375 e. The van der Waals surface area contributed by atoms with Gasteiger partial charge in [-0.25, -0.2) is 0 Å². The van der Waals surface area contributed by atoms with Gasteiger partial charge in [-0.3, -0.25) is 4.79 Å². The van der Waals surface area contributed by atoms with Crippen LogP contribution in [0, 0.1) is 5.41 Å². The molecule has 0 bridgehead atoms. The average Bonchev–Trinajstić information content (AvgIpc) is 3.29. The molecule has 3 heteroatoms. The van der Waals surface area contributed by atoms with Gasteiger partial charge in [-0.05, 0) is 51.5 Å². The van der Waals surface area contributed by atoms with E-state index in [0.717, 1.165) is 51.8 Å². The molecule has 0 spiro atoms. The van der Waals surface area contributed by atoms with Gasteiger partial charge in [0, 0.05) is 19.7 Å². The highest BCUT2D eigenvalue weighted by atomic mass is 16.5. The Balaban J connectivity index is 1.60. The molecule has 1 aromatic rings. The molecular formula is C19H27NO2. The number of hydrogen-bond donors (Lipinski definition) is 0. The van der Waals surface area contributed by atoms with Gasteiger partial charge in [-0.1, -0.05) is 30.3 Å². The number of likely N-dealkylation sites (tertiary alicyclic amines) is 1. The van der Waals surface area contributed by atoms with Crippen LogP contribution in [0.1, 0.15) is 45.1 Å². The van der Waals surface area contributed by atoms with Gasteiger partial charge < -0.3 is 9.64 Å². The Kier molecular flexibility index (Phi) is 4.26. The number of ether oxygens (including phenoxy) is 1. The Hall–Kier alpha value is -1.35. The number of hydrogen-bond acceptors (Lipinski definition) is 2. The Bertz CT molecular complexity index is 513. The zero-order chi connectivity index (χ0) is 15.6. The number of benzene rings is 1. The first kappa shape index (κ1) is 15.5. The lowest BCUT2D eigenvalue weighted by molar-refractivity contribution is -0.142. The molecule has 0 aromatic heterocycles. The number of amides is 1. The molecular weight excluding hydrogens is 274 g/mol. The zero-order valence-corrected chi connectivity index (χ0v) is 13.8. The van der Waals surface area contributed by atoms with Crippen molar-refractivity contribution >= 4 is 5.91 Å². The summed E-state index contributed by atoms with van der Waals surface area (Å²) in [6, 6.07) is 10.4. The summed E-state index contributed by atoms with van der Waals surface area (Å²) < 4.78 is 5.86. The van der Waals surface area contributed by atoms with Crippen LogP contribution in [0.25, 0.3) is 0 Å². The first-order valence-electron chi connectivity index (χ1n) is 8.54. The first-order valence-corrected chi connectivity index (χ1v) is 8.54. The zero-order valence-electron chi connectivity index (χ0n) is 13.8. The third kappa shape index (κ3) is 3.19. The van der Waals surface area contributed by atoms with Crippen molar-refractivity contribution in [2.75, 3.05) is 19.7 Å². The maximum atomic E-state index is 12.9. The van der Waals surface area contributed by atoms with E-state index in [-0.39, 0.29) is 11.0 Å². The summed E-state index contributed by atoms with van der Waals surface area (Å²) in [6.45, 7) is 6.65. The lowest BCUT2D eigenvalue weighted by atomic mass is 9.90. The monoisotopic (exact) mass is 301 g/mol. The van der Waals surface area contributed by atoms with Gasteiger partial charge in [0.2, 0.25) is 5.91 Å². The molecule has 0 N–H and O–H groups in total. The summed E-state index contributed by atoms with van der Waals surface area (Å²) in [6.07, 6.45) is 4.88. The molecule has 3 nitrogen and oxygen atoms in total. The van der Waals surface area contributed by atoms with E-state index in [1.165, 1.54) is 5.56 Å². The molecule has 1 heterocycles. The van der Waals surface area contributed by atoms with E-state index in [1.54, 1.807) is 0 Å². The van der Waals surface area contributed by atoms with Crippen LogP contribution in [-0.4, -0.2) is 36.1 Å². The lowest BCUT2D eigenvalue weighted by Crippen LogP contribution is -2.49. The highest BCUT2D eigenvalue weighted by Gasteiger charge is 2.52. The van der Waals surface area contributed by atoms with Gasteiger partial charge in [0.15, 0.2) is 0 Å². The fourth-order valence-corrected chi connectivity index (χ4v) is 3.61. The second kappa shape index (κ2) is 6.04. The van der Waals surface area contributed by atoms with Crippen molar-refractivity contribution in [1.29, 1.82) is 0 Å². The van der Waals surface area contributed by atoms with E-state index in [9.17, 15) is 4.79 Å². The van der Waals surface area contributed by atoms with Crippen molar-refractivity contribution in [2.24, 2.45) is 5.41 Å². The molecule has 0 unspecified atom stereocenters. The quantitative estimate of drug-likeness (QED) is 0.834. The standard InChI is InChI=1S/C19H27NO2/c1-3-22-18(2)11-13-20(14-12-18)17(21)19(9-10-19)15-16-7-5-4-6-8-16/h4-8H,3,9-15H2,1-2H3. The molecule has 3 rings (SSSR count). The molecule has 120 valence electrons. The van der Waals surface area contributed by atoms with E-state index in [0.29, 0.717) is 5.91 Å². The third-order valence-corrected chi connectivity index (χ3v) is 5.29. The van der Waals surface area contributed by atoms with Crippen molar-refractivity contribution in [3.8, 4) is 0 Å². The molecule has 1 saturated carbocycles. The maximum absolute atomic E-state index is 12.9. The van der Waals surface area contributed by atoms with Crippen molar-refractivity contribution < 1.29 is 9.53 Å². The second-order valence-corrected chi connectivity index (χ2v) is 7.12. The summed E-state index contributed by atoms with van der Waals surface area (Å²) >= 11 is 0. The van der Waals surface area contributed by atoms with Gasteiger partial charge in [0.1, 0.15) is 0 Å². The van der Waals surface area contributed by atoms with E-state index < -0.39 is 0 Å².